The van der Waals surface area contributed by atoms with Crippen molar-refractivity contribution in [2.75, 3.05) is 17.6 Å². The molecule has 0 bridgehead atoms. The van der Waals surface area contributed by atoms with E-state index in [-0.39, 0.29) is 24.0 Å². The van der Waals surface area contributed by atoms with Gasteiger partial charge in [0.2, 0.25) is 11.8 Å². The summed E-state index contributed by atoms with van der Waals surface area (Å²) in [6, 6.07) is 0. The van der Waals surface area contributed by atoms with Gasteiger partial charge in [-0.2, -0.15) is 0 Å². The Hall–Kier alpha value is -1.12. The molecule has 1 rings (SSSR count). The van der Waals surface area contributed by atoms with Crippen molar-refractivity contribution in [3.8, 4) is 0 Å². The second-order valence-electron chi connectivity index (χ2n) is 3.23. The van der Waals surface area contributed by atoms with Gasteiger partial charge in [-0.25, -0.2) is 4.98 Å². The van der Waals surface area contributed by atoms with Gasteiger partial charge in [-0.15, -0.1) is 11.8 Å². The summed E-state index contributed by atoms with van der Waals surface area (Å²) >= 11 is 2.65. The molecule has 0 saturated carbocycles. The molecule has 0 fully saturated rings. The molecule has 1 aromatic heterocycles. The van der Waals surface area contributed by atoms with E-state index in [1.807, 2.05) is 6.92 Å². The molecule has 0 aromatic carbocycles. The van der Waals surface area contributed by atoms with Crippen LogP contribution >= 0.6 is 23.1 Å². The Morgan fingerprint density at radius 1 is 1.53 bits per heavy atom. The van der Waals surface area contributed by atoms with Crippen LogP contribution in [0.4, 0.5) is 5.13 Å². The van der Waals surface area contributed by atoms with Crippen molar-refractivity contribution in [1.29, 1.82) is 0 Å². The van der Waals surface area contributed by atoms with Gasteiger partial charge in [0, 0.05) is 13.0 Å². The fraction of sp³-hybridized carbons (Fsp3) is 0.444. The third-order valence-electron chi connectivity index (χ3n) is 1.72. The lowest BCUT2D eigenvalue weighted by molar-refractivity contribution is -0.116. The first kappa shape index (κ1) is 13.9. The lowest BCUT2D eigenvalue weighted by Gasteiger charge is -1.97. The van der Waals surface area contributed by atoms with Crippen molar-refractivity contribution in [2.24, 2.45) is 11.5 Å². The Bertz CT molecular complexity index is 419. The van der Waals surface area contributed by atoms with Crippen molar-refractivity contribution in [3.05, 3.63) is 5.69 Å². The highest BCUT2D eigenvalue weighted by Gasteiger charge is 2.11. The molecule has 2 amide bonds. The molecular weight excluding hydrogens is 260 g/mol. The Morgan fingerprint density at radius 3 is 2.82 bits per heavy atom. The molecule has 1 aromatic rings. The molecule has 0 aliphatic carbocycles. The fourth-order valence-electron chi connectivity index (χ4n) is 1.02. The number of aryl methyl sites for hydroxylation is 1. The average molecular weight is 274 g/mol. The maximum absolute atomic E-state index is 11.3. The molecular formula is C9H14N4O2S2. The van der Waals surface area contributed by atoms with E-state index in [0.29, 0.717) is 11.7 Å². The number of hydrogen-bond donors (Lipinski definition) is 3. The molecule has 0 saturated heterocycles. The molecule has 17 heavy (non-hydrogen) atoms. The van der Waals surface area contributed by atoms with Crippen molar-refractivity contribution in [2.45, 2.75) is 17.6 Å². The Labute approximate surface area is 107 Å². The standard InChI is InChI=1S/C9H14N4O2S2/c1-5-8(16-4-6(11)14)17-9(12-5)13-7(15)2-3-10/h2-4,10H2,1H3,(H2,11,14)(H,12,13,15). The van der Waals surface area contributed by atoms with E-state index in [1.165, 1.54) is 23.1 Å². The van der Waals surface area contributed by atoms with E-state index in [9.17, 15) is 9.59 Å². The Morgan fingerprint density at radius 2 is 2.24 bits per heavy atom. The zero-order chi connectivity index (χ0) is 12.8. The van der Waals surface area contributed by atoms with E-state index >= 15 is 0 Å². The summed E-state index contributed by atoms with van der Waals surface area (Å²) in [5.41, 5.74) is 11.1. The highest BCUT2D eigenvalue weighted by Crippen LogP contribution is 2.31. The zero-order valence-electron chi connectivity index (χ0n) is 9.36. The highest BCUT2D eigenvalue weighted by atomic mass is 32.2. The summed E-state index contributed by atoms with van der Waals surface area (Å²) in [6.45, 7) is 2.12. The van der Waals surface area contributed by atoms with Crippen LogP contribution in [0.15, 0.2) is 4.21 Å². The number of rotatable bonds is 6. The molecule has 94 valence electrons. The molecule has 0 spiro atoms. The van der Waals surface area contributed by atoms with Gasteiger partial charge >= 0.3 is 0 Å². The summed E-state index contributed by atoms with van der Waals surface area (Å²) < 4.78 is 0.881. The van der Waals surface area contributed by atoms with Crippen LogP contribution in [0.1, 0.15) is 12.1 Å². The molecule has 6 nitrogen and oxygen atoms in total. The van der Waals surface area contributed by atoms with Crippen LogP contribution in [0.2, 0.25) is 0 Å². The monoisotopic (exact) mass is 274 g/mol. The number of carbonyl (C=O) groups is 2. The molecule has 0 aliphatic heterocycles. The van der Waals surface area contributed by atoms with E-state index in [4.69, 9.17) is 11.5 Å². The molecule has 0 unspecified atom stereocenters. The number of anilines is 1. The number of thioether (sulfide) groups is 1. The highest BCUT2D eigenvalue weighted by molar-refractivity contribution is 8.01. The normalized spacial score (nSPS) is 10.2. The van der Waals surface area contributed by atoms with E-state index in [1.54, 1.807) is 0 Å². The Kier molecular flexibility index (Phi) is 5.39. The van der Waals surface area contributed by atoms with Crippen LogP contribution in [-0.4, -0.2) is 29.1 Å². The van der Waals surface area contributed by atoms with Crippen LogP contribution in [0.5, 0.6) is 0 Å². The van der Waals surface area contributed by atoms with Gasteiger partial charge in [0.25, 0.3) is 0 Å². The van der Waals surface area contributed by atoms with Gasteiger partial charge in [-0.05, 0) is 6.92 Å². The summed E-state index contributed by atoms with van der Waals surface area (Å²) in [4.78, 5) is 26.1. The van der Waals surface area contributed by atoms with E-state index in [2.05, 4.69) is 10.3 Å². The van der Waals surface area contributed by atoms with Crippen molar-refractivity contribution in [3.63, 3.8) is 0 Å². The summed E-state index contributed by atoms with van der Waals surface area (Å²) in [5.74, 6) is -0.330. The maximum Gasteiger partial charge on any atom is 0.227 e. The first-order valence-electron chi connectivity index (χ1n) is 4.91. The summed E-state index contributed by atoms with van der Waals surface area (Å²) in [6.07, 6.45) is 0.266. The predicted octanol–water partition coefficient (Wildman–Crippen LogP) is 0.316. The van der Waals surface area contributed by atoms with Gasteiger partial charge in [-0.1, -0.05) is 11.3 Å². The average Bonchev–Trinajstić information content (AvgIpc) is 2.56. The third kappa shape index (κ3) is 4.72. The topological polar surface area (TPSA) is 111 Å². The number of nitrogens with two attached hydrogens (primary N) is 2. The van der Waals surface area contributed by atoms with E-state index < -0.39 is 0 Å². The van der Waals surface area contributed by atoms with Crippen molar-refractivity contribution in [1.82, 2.24) is 4.98 Å². The Balaban J connectivity index is 2.61. The zero-order valence-corrected chi connectivity index (χ0v) is 11.0. The predicted molar refractivity (Wildman–Crippen MR) is 69.1 cm³/mol. The summed E-state index contributed by atoms with van der Waals surface area (Å²) in [7, 11) is 0. The van der Waals surface area contributed by atoms with Gasteiger partial charge in [-0.3, -0.25) is 9.59 Å². The molecule has 0 aliphatic rings. The van der Waals surface area contributed by atoms with E-state index in [0.717, 1.165) is 9.90 Å². The second-order valence-corrected chi connectivity index (χ2v) is 5.48. The SMILES string of the molecule is Cc1nc(NC(=O)CCN)sc1SCC(N)=O. The van der Waals surface area contributed by atoms with Gasteiger partial charge in [0.05, 0.1) is 15.7 Å². The van der Waals surface area contributed by atoms with Crippen molar-refractivity contribution < 1.29 is 9.59 Å². The van der Waals surface area contributed by atoms with Crippen LogP contribution < -0.4 is 16.8 Å². The number of amides is 2. The first-order chi connectivity index (χ1) is 8.02. The number of aromatic nitrogens is 1. The number of thiazole rings is 1. The second kappa shape index (κ2) is 6.58. The minimum Gasteiger partial charge on any atom is -0.369 e. The van der Waals surface area contributed by atoms with Crippen LogP contribution in [0, 0.1) is 6.92 Å². The number of hydrogen-bond acceptors (Lipinski definition) is 6. The van der Waals surface area contributed by atoms with Crippen LogP contribution in [-0.2, 0) is 9.59 Å². The lowest BCUT2D eigenvalue weighted by atomic mass is 10.4. The quantitative estimate of drug-likeness (QED) is 0.647. The van der Waals surface area contributed by atoms with Crippen LogP contribution in [0.3, 0.4) is 0 Å². The minimum absolute atomic E-state index is 0.160. The maximum atomic E-state index is 11.3. The molecule has 1 heterocycles. The van der Waals surface area contributed by atoms with Crippen LogP contribution in [0.25, 0.3) is 0 Å². The first-order valence-corrected chi connectivity index (χ1v) is 6.71. The lowest BCUT2D eigenvalue weighted by Crippen LogP contribution is -2.15. The fourth-order valence-corrected chi connectivity index (χ4v) is 2.91. The minimum atomic E-state index is -0.378. The summed E-state index contributed by atoms with van der Waals surface area (Å²) in [5, 5.41) is 3.17. The number of primary amides is 1. The number of nitrogens with one attached hydrogen (secondary N) is 1. The number of nitrogens with zero attached hydrogens (tertiary/aromatic N) is 1. The molecule has 8 heteroatoms. The number of carbonyl (C=O) groups excluding carboxylic acids is 2. The molecule has 0 atom stereocenters. The molecule has 0 radical (unpaired) electrons. The van der Waals surface area contributed by atoms with Gasteiger partial charge < -0.3 is 16.8 Å². The third-order valence-corrected chi connectivity index (χ3v) is 4.17. The largest absolute Gasteiger partial charge is 0.369 e. The van der Waals surface area contributed by atoms with Crippen molar-refractivity contribution >= 4 is 40.0 Å². The molecule has 5 N–H and O–H groups in total. The van der Waals surface area contributed by atoms with Gasteiger partial charge in [0.15, 0.2) is 5.13 Å². The van der Waals surface area contributed by atoms with Gasteiger partial charge in [0.1, 0.15) is 0 Å². The smallest absolute Gasteiger partial charge is 0.227 e.